The number of amides is 1. The molecule has 1 aromatic carbocycles. The Bertz CT molecular complexity index is 725. The molecule has 1 heterocycles. The van der Waals surface area contributed by atoms with Crippen molar-refractivity contribution < 1.29 is 14.7 Å². The van der Waals surface area contributed by atoms with Crippen LogP contribution in [0.5, 0.6) is 0 Å². The van der Waals surface area contributed by atoms with Gasteiger partial charge in [-0.1, -0.05) is 36.4 Å². The molecule has 0 aliphatic carbocycles. The minimum atomic E-state index is -1.04. The van der Waals surface area contributed by atoms with Gasteiger partial charge >= 0.3 is 5.97 Å². The number of hydrogen-bond donors (Lipinski definition) is 2. The van der Waals surface area contributed by atoms with Crippen LogP contribution >= 0.6 is 11.3 Å². The van der Waals surface area contributed by atoms with Crippen molar-refractivity contribution in [2.45, 2.75) is 32.2 Å². The Kier molecular flexibility index (Phi) is 6.26. The maximum Gasteiger partial charge on any atom is 0.326 e. The number of thiazole rings is 1. The van der Waals surface area contributed by atoms with Gasteiger partial charge in [-0.05, 0) is 25.3 Å². The van der Waals surface area contributed by atoms with Gasteiger partial charge in [-0.3, -0.25) is 4.79 Å². The van der Waals surface area contributed by atoms with E-state index in [1.165, 1.54) is 11.3 Å². The molecule has 126 valence electrons. The van der Waals surface area contributed by atoms with Crippen molar-refractivity contribution in [2.75, 3.05) is 0 Å². The van der Waals surface area contributed by atoms with Crippen LogP contribution in [0.2, 0.25) is 0 Å². The third kappa shape index (κ3) is 4.76. The first-order chi connectivity index (χ1) is 11.5. The van der Waals surface area contributed by atoms with Crippen molar-refractivity contribution in [3.8, 4) is 0 Å². The topological polar surface area (TPSA) is 79.3 Å². The van der Waals surface area contributed by atoms with Gasteiger partial charge in [-0.25, -0.2) is 9.78 Å². The summed E-state index contributed by atoms with van der Waals surface area (Å²) in [7, 11) is 0. The summed E-state index contributed by atoms with van der Waals surface area (Å²) in [6, 6.07) is 8.96. The molecule has 2 aromatic rings. The second-order valence-corrected chi connectivity index (χ2v) is 6.50. The Labute approximate surface area is 145 Å². The van der Waals surface area contributed by atoms with Crippen molar-refractivity contribution in [1.82, 2.24) is 10.3 Å². The molecule has 0 fully saturated rings. The summed E-state index contributed by atoms with van der Waals surface area (Å²) < 4.78 is 0. The van der Waals surface area contributed by atoms with E-state index in [1.807, 2.05) is 30.3 Å². The molecule has 5 nitrogen and oxygen atoms in total. The first-order valence-corrected chi connectivity index (χ1v) is 8.47. The highest BCUT2D eigenvalue weighted by molar-refractivity contribution is 7.13. The van der Waals surface area contributed by atoms with Crippen LogP contribution in [-0.2, 0) is 11.2 Å². The maximum absolute atomic E-state index is 12.4. The second kappa shape index (κ2) is 8.40. The molecule has 1 aromatic heterocycles. The monoisotopic (exact) mass is 344 g/mol. The number of carboxylic acid groups (broad SMARTS) is 1. The molecule has 6 heteroatoms. The number of aryl methyl sites for hydroxylation is 1. The van der Waals surface area contributed by atoms with Crippen LogP contribution < -0.4 is 5.32 Å². The fourth-order valence-electron chi connectivity index (χ4n) is 2.27. The minimum absolute atomic E-state index is 0.319. The number of carbonyl (C=O) groups is 2. The highest BCUT2D eigenvalue weighted by atomic mass is 32.1. The highest BCUT2D eigenvalue weighted by Gasteiger charge is 2.22. The molecule has 0 bridgehead atoms. The lowest BCUT2D eigenvalue weighted by atomic mass is 10.1. The van der Waals surface area contributed by atoms with Crippen LogP contribution in [0.25, 0.3) is 0 Å². The summed E-state index contributed by atoms with van der Waals surface area (Å²) in [4.78, 5) is 28.5. The number of hydrogen-bond acceptors (Lipinski definition) is 4. The Morgan fingerprint density at radius 2 is 2.08 bits per heavy atom. The lowest BCUT2D eigenvalue weighted by molar-refractivity contribution is -0.139. The lowest BCUT2D eigenvalue weighted by Crippen LogP contribution is -2.40. The number of nitrogens with one attached hydrogen (secondary N) is 1. The lowest BCUT2D eigenvalue weighted by Gasteiger charge is -2.12. The molecule has 0 spiro atoms. The van der Waals surface area contributed by atoms with E-state index in [4.69, 9.17) is 0 Å². The molecule has 2 rings (SSSR count). The van der Waals surface area contributed by atoms with Crippen LogP contribution in [0, 0.1) is 6.92 Å². The van der Waals surface area contributed by atoms with E-state index in [2.05, 4.69) is 16.9 Å². The average Bonchev–Trinajstić information content (AvgIpc) is 2.92. The van der Waals surface area contributed by atoms with Gasteiger partial charge in [0.15, 0.2) is 0 Å². The number of aromatic nitrogens is 1. The summed E-state index contributed by atoms with van der Waals surface area (Å²) in [6.45, 7) is 5.34. The number of nitrogens with zero attached hydrogens (tertiary/aromatic N) is 1. The Hall–Kier alpha value is -2.47. The van der Waals surface area contributed by atoms with Crippen molar-refractivity contribution in [2.24, 2.45) is 0 Å². The number of aliphatic carboxylic acids is 1. The zero-order valence-electron chi connectivity index (χ0n) is 13.5. The van der Waals surface area contributed by atoms with Gasteiger partial charge in [-0.2, -0.15) is 0 Å². The third-order valence-corrected chi connectivity index (χ3v) is 4.66. The number of carboxylic acids is 1. The van der Waals surface area contributed by atoms with Crippen LogP contribution in [0.4, 0.5) is 0 Å². The summed E-state index contributed by atoms with van der Waals surface area (Å²) in [5.41, 5.74) is 1.74. The zero-order chi connectivity index (χ0) is 17.5. The van der Waals surface area contributed by atoms with Crippen molar-refractivity contribution >= 4 is 23.2 Å². The predicted molar refractivity (Wildman–Crippen MR) is 94.4 cm³/mol. The first kappa shape index (κ1) is 17.9. The maximum atomic E-state index is 12.4. The smallest absolute Gasteiger partial charge is 0.326 e. The van der Waals surface area contributed by atoms with E-state index in [-0.39, 0.29) is 5.91 Å². The standard InChI is InChI=1S/C18H20N2O3S/c1-3-4-10-14(18(22)23)20-17(21)16-12(2)19-15(24-16)11-13-8-6-5-7-9-13/h3,5-9,14H,1,4,10-11H2,2H3,(H,20,21)(H,22,23). The Morgan fingerprint density at radius 3 is 2.71 bits per heavy atom. The normalized spacial score (nSPS) is 11.7. The molecule has 1 unspecified atom stereocenters. The molecule has 0 radical (unpaired) electrons. The van der Waals surface area contributed by atoms with Gasteiger partial charge in [0.05, 0.1) is 10.7 Å². The average molecular weight is 344 g/mol. The molecule has 24 heavy (non-hydrogen) atoms. The van der Waals surface area contributed by atoms with Gasteiger partial charge in [0, 0.05) is 6.42 Å². The fraction of sp³-hybridized carbons (Fsp3) is 0.278. The highest BCUT2D eigenvalue weighted by Crippen LogP contribution is 2.21. The van der Waals surface area contributed by atoms with Crippen LogP contribution in [0.1, 0.15) is 38.8 Å². The SMILES string of the molecule is C=CCCC(NC(=O)c1sc(Cc2ccccc2)nc1C)C(=O)O. The fourth-order valence-corrected chi connectivity index (χ4v) is 3.28. The van der Waals surface area contributed by atoms with Gasteiger partial charge < -0.3 is 10.4 Å². The van der Waals surface area contributed by atoms with Gasteiger partial charge in [0.2, 0.25) is 0 Å². The largest absolute Gasteiger partial charge is 0.480 e. The summed E-state index contributed by atoms with van der Waals surface area (Å²) >= 11 is 1.30. The second-order valence-electron chi connectivity index (χ2n) is 5.41. The summed E-state index contributed by atoms with van der Waals surface area (Å²) in [5.74, 6) is -1.43. The van der Waals surface area contributed by atoms with Crippen molar-refractivity contribution in [3.63, 3.8) is 0 Å². The number of allylic oxidation sites excluding steroid dienone is 1. The Balaban J connectivity index is 2.09. The molecule has 1 atom stereocenters. The Morgan fingerprint density at radius 1 is 1.38 bits per heavy atom. The predicted octanol–water partition coefficient (Wildman–Crippen LogP) is 3.19. The van der Waals surface area contributed by atoms with E-state index in [9.17, 15) is 14.7 Å². The minimum Gasteiger partial charge on any atom is -0.480 e. The van der Waals surface area contributed by atoms with Crippen LogP contribution in [-0.4, -0.2) is 28.0 Å². The summed E-state index contributed by atoms with van der Waals surface area (Å²) in [6.07, 6.45) is 3.13. The van der Waals surface area contributed by atoms with Crippen LogP contribution in [0.15, 0.2) is 43.0 Å². The zero-order valence-corrected chi connectivity index (χ0v) is 14.3. The molecule has 0 saturated carbocycles. The van der Waals surface area contributed by atoms with Crippen LogP contribution in [0.3, 0.4) is 0 Å². The molecule has 1 amide bonds. The molecular weight excluding hydrogens is 324 g/mol. The van der Waals surface area contributed by atoms with E-state index >= 15 is 0 Å². The molecule has 0 aliphatic rings. The van der Waals surface area contributed by atoms with Gasteiger partial charge in [0.1, 0.15) is 10.9 Å². The molecule has 0 aliphatic heterocycles. The first-order valence-electron chi connectivity index (χ1n) is 7.66. The third-order valence-electron chi connectivity index (χ3n) is 3.51. The number of rotatable bonds is 8. The van der Waals surface area contributed by atoms with E-state index in [0.29, 0.717) is 29.8 Å². The summed E-state index contributed by atoms with van der Waals surface area (Å²) in [5, 5.41) is 12.6. The number of benzene rings is 1. The van der Waals surface area contributed by atoms with E-state index in [0.717, 1.165) is 10.6 Å². The van der Waals surface area contributed by atoms with Gasteiger partial charge in [0.25, 0.3) is 5.91 Å². The van der Waals surface area contributed by atoms with Crippen molar-refractivity contribution in [3.05, 3.63) is 64.1 Å². The molecular formula is C18H20N2O3S. The van der Waals surface area contributed by atoms with Crippen molar-refractivity contribution in [1.29, 1.82) is 0 Å². The number of carbonyl (C=O) groups excluding carboxylic acids is 1. The quantitative estimate of drug-likeness (QED) is 0.721. The van der Waals surface area contributed by atoms with E-state index in [1.54, 1.807) is 13.0 Å². The molecule has 2 N–H and O–H groups in total. The van der Waals surface area contributed by atoms with Gasteiger partial charge in [-0.15, -0.1) is 17.9 Å². The van der Waals surface area contributed by atoms with E-state index < -0.39 is 12.0 Å². The molecule has 0 saturated heterocycles.